The molecule has 130 valence electrons. The van der Waals surface area contributed by atoms with Gasteiger partial charge in [-0.25, -0.2) is 4.39 Å². The van der Waals surface area contributed by atoms with E-state index >= 15 is 0 Å². The monoisotopic (exact) mass is 350 g/mol. The van der Waals surface area contributed by atoms with E-state index in [-0.39, 0.29) is 17.8 Å². The second-order valence-corrected chi connectivity index (χ2v) is 6.91. The van der Waals surface area contributed by atoms with Crippen LogP contribution in [0.15, 0.2) is 24.3 Å². The first-order valence-electron chi connectivity index (χ1n) is 7.94. The fraction of sp³-hybridized carbons (Fsp3) is 0.471. The number of carbonyl (C=O) groups excluding carboxylic acids is 1. The fourth-order valence-corrected chi connectivity index (χ4v) is 3.01. The highest BCUT2D eigenvalue weighted by Gasteiger charge is 2.31. The van der Waals surface area contributed by atoms with Crippen molar-refractivity contribution in [2.75, 3.05) is 6.54 Å². The Hall–Kier alpha value is -2.02. The molecule has 2 aromatic rings. The molecule has 0 fully saturated rings. The first-order chi connectivity index (χ1) is 11.2. The van der Waals surface area contributed by atoms with E-state index in [9.17, 15) is 9.18 Å². The van der Waals surface area contributed by atoms with Crippen molar-refractivity contribution >= 4 is 18.1 Å². The predicted octanol–water partition coefficient (Wildman–Crippen LogP) is 3.30. The lowest BCUT2D eigenvalue weighted by Crippen LogP contribution is -2.41. The molecule has 0 unspecified atom stereocenters. The van der Waals surface area contributed by atoms with E-state index in [1.807, 2.05) is 18.4 Å². The van der Waals surface area contributed by atoms with Gasteiger partial charge in [-0.05, 0) is 46.0 Å². The van der Waals surface area contributed by atoms with Gasteiger partial charge in [-0.2, -0.15) is 5.10 Å². The highest BCUT2D eigenvalue weighted by Crippen LogP contribution is 2.25. The number of aromatic nitrogens is 3. The molecule has 7 heteroatoms. The third-order valence-corrected chi connectivity index (χ3v) is 4.33. The van der Waals surface area contributed by atoms with Gasteiger partial charge >= 0.3 is 0 Å². The Labute approximate surface area is 146 Å². The van der Waals surface area contributed by atoms with Crippen molar-refractivity contribution in [1.29, 1.82) is 0 Å². The van der Waals surface area contributed by atoms with Crippen LogP contribution in [0.25, 0.3) is 0 Å². The van der Waals surface area contributed by atoms with Gasteiger partial charge < -0.3 is 9.88 Å². The van der Waals surface area contributed by atoms with Gasteiger partial charge in [-0.15, -0.1) is 0 Å². The van der Waals surface area contributed by atoms with Gasteiger partial charge in [0.2, 0.25) is 5.91 Å². The Kier molecular flexibility index (Phi) is 5.54. The van der Waals surface area contributed by atoms with Crippen LogP contribution in [0.4, 0.5) is 4.39 Å². The van der Waals surface area contributed by atoms with Crippen LogP contribution in [-0.4, -0.2) is 27.2 Å². The minimum atomic E-state index is -0.950. The Morgan fingerprint density at radius 2 is 2.08 bits per heavy atom. The van der Waals surface area contributed by atoms with E-state index in [0.29, 0.717) is 23.3 Å². The molecule has 2 rings (SSSR count). The molecule has 0 saturated heterocycles. The quantitative estimate of drug-likeness (QED) is 0.786. The first-order valence-corrected chi connectivity index (χ1v) is 8.35. The molecule has 0 spiro atoms. The summed E-state index contributed by atoms with van der Waals surface area (Å²) in [4.78, 5) is 12.5. The van der Waals surface area contributed by atoms with Crippen LogP contribution >= 0.6 is 12.2 Å². The molecule has 0 aliphatic carbocycles. The summed E-state index contributed by atoms with van der Waals surface area (Å²) >= 11 is 5.20. The van der Waals surface area contributed by atoms with Crippen molar-refractivity contribution in [3.05, 3.63) is 46.2 Å². The number of aromatic amines is 1. The minimum absolute atomic E-state index is 0.191. The lowest BCUT2D eigenvalue weighted by atomic mass is 9.83. The minimum Gasteiger partial charge on any atom is -0.355 e. The summed E-state index contributed by atoms with van der Waals surface area (Å²) in [7, 11) is 0. The maximum absolute atomic E-state index is 14.0. The predicted molar refractivity (Wildman–Crippen MR) is 93.9 cm³/mol. The molecule has 1 amide bonds. The van der Waals surface area contributed by atoms with Crippen LogP contribution in [-0.2, 0) is 16.6 Å². The summed E-state index contributed by atoms with van der Waals surface area (Å²) < 4.78 is 16.5. The van der Waals surface area contributed by atoms with Crippen molar-refractivity contribution in [1.82, 2.24) is 20.1 Å². The highest BCUT2D eigenvalue weighted by atomic mass is 32.1. The number of hydrogen-bond donors (Lipinski definition) is 2. The summed E-state index contributed by atoms with van der Waals surface area (Å²) in [5, 5.41) is 9.84. The summed E-state index contributed by atoms with van der Waals surface area (Å²) in [6.07, 6.45) is 0.546. The maximum atomic E-state index is 14.0. The van der Waals surface area contributed by atoms with Crippen molar-refractivity contribution in [3.63, 3.8) is 0 Å². The molecule has 0 atom stereocenters. The van der Waals surface area contributed by atoms with E-state index in [1.54, 1.807) is 32.0 Å². The van der Waals surface area contributed by atoms with Gasteiger partial charge in [0.15, 0.2) is 4.77 Å². The van der Waals surface area contributed by atoms with Crippen LogP contribution in [0.5, 0.6) is 0 Å². The van der Waals surface area contributed by atoms with Crippen molar-refractivity contribution in [2.24, 2.45) is 0 Å². The second-order valence-electron chi connectivity index (χ2n) is 6.52. The molecule has 0 saturated carbocycles. The lowest BCUT2D eigenvalue weighted by Gasteiger charge is -2.24. The van der Waals surface area contributed by atoms with E-state index in [0.717, 1.165) is 5.82 Å². The molecule has 1 heterocycles. The molecule has 0 radical (unpaired) electrons. The van der Waals surface area contributed by atoms with Crippen molar-refractivity contribution in [2.45, 2.75) is 45.6 Å². The molecule has 1 aromatic heterocycles. The number of amides is 1. The molecule has 1 aromatic carbocycles. The van der Waals surface area contributed by atoms with Gasteiger partial charge in [0.25, 0.3) is 0 Å². The van der Waals surface area contributed by atoms with E-state index in [1.165, 1.54) is 6.07 Å². The van der Waals surface area contributed by atoms with Crippen LogP contribution < -0.4 is 5.32 Å². The van der Waals surface area contributed by atoms with Crippen LogP contribution in [0.2, 0.25) is 0 Å². The number of hydrogen-bond acceptors (Lipinski definition) is 3. The molecule has 2 N–H and O–H groups in total. The Bertz CT molecular complexity index is 779. The summed E-state index contributed by atoms with van der Waals surface area (Å²) in [6.45, 7) is 7.88. The molecule has 5 nitrogen and oxygen atoms in total. The Balaban J connectivity index is 2.04. The molecular formula is C17H23FN4OS. The normalized spacial score (nSPS) is 11.8. The van der Waals surface area contributed by atoms with E-state index in [4.69, 9.17) is 12.2 Å². The van der Waals surface area contributed by atoms with Gasteiger partial charge in [0.05, 0.1) is 5.41 Å². The largest absolute Gasteiger partial charge is 0.355 e. The number of nitrogens with one attached hydrogen (secondary N) is 2. The number of halogens is 1. The maximum Gasteiger partial charge on any atom is 0.230 e. The van der Waals surface area contributed by atoms with Crippen LogP contribution in [0.3, 0.4) is 0 Å². The molecule has 24 heavy (non-hydrogen) atoms. The Morgan fingerprint density at radius 3 is 2.71 bits per heavy atom. The number of benzene rings is 1. The summed E-state index contributed by atoms with van der Waals surface area (Å²) in [5.41, 5.74) is -0.568. The number of H-pyrrole nitrogens is 1. The van der Waals surface area contributed by atoms with Gasteiger partial charge in [0, 0.05) is 24.6 Å². The first kappa shape index (κ1) is 18.3. The average Bonchev–Trinajstić information content (AvgIpc) is 2.88. The fourth-order valence-electron chi connectivity index (χ4n) is 2.65. The molecule has 0 aliphatic heterocycles. The standard InChI is InChI=1S/C17H23FN4OS/c1-11(2)22-14(20-21-16(22)24)9-10-19-15(23)17(3,4)12-7-5-6-8-13(12)18/h5-8,11H,9-10H2,1-4H3,(H,19,23)(H,21,24). The number of carbonyl (C=O) groups is 1. The molecular weight excluding hydrogens is 327 g/mol. The highest BCUT2D eigenvalue weighted by molar-refractivity contribution is 7.71. The van der Waals surface area contributed by atoms with Gasteiger partial charge in [-0.1, -0.05) is 18.2 Å². The SMILES string of the molecule is CC(C)n1c(CCNC(=O)C(C)(C)c2ccccc2F)n[nH]c1=S. The second kappa shape index (κ2) is 7.25. The summed E-state index contributed by atoms with van der Waals surface area (Å²) in [6, 6.07) is 6.54. The van der Waals surface area contributed by atoms with Crippen molar-refractivity contribution in [3.8, 4) is 0 Å². The molecule has 0 aliphatic rings. The zero-order valence-corrected chi connectivity index (χ0v) is 15.2. The Morgan fingerprint density at radius 1 is 1.42 bits per heavy atom. The van der Waals surface area contributed by atoms with E-state index < -0.39 is 5.41 Å². The lowest BCUT2D eigenvalue weighted by molar-refractivity contribution is -0.125. The third kappa shape index (κ3) is 3.72. The van der Waals surface area contributed by atoms with E-state index in [2.05, 4.69) is 15.5 Å². The zero-order chi connectivity index (χ0) is 17.9. The zero-order valence-electron chi connectivity index (χ0n) is 14.4. The number of nitrogens with zero attached hydrogens (tertiary/aromatic N) is 2. The van der Waals surface area contributed by atoms with Gasteiger partial charge in [-0.3, -0.25) is 9.89 Å². The topological polar surface area (TPSA) is 62.7 Å². The number of rotatable bonds is 6. The third-order valence-electron chi connectivity index (χ3n) is 4.04. The van der Waals surface area contributed by atoms with Crippen LogP contribution in [0.1, 0.15) is 45.1 Å². The van der Waals surface area contributed by atoms with Crippen molar-refractivity contribution < 1.29 is 9.18 Å². The van der Waals surface area contributed by atoms with Crippen LogP contribution in [0, 0.1) is 10.6 Å². The molecule has 0 bridgehead atoms. The average molecular weight is 350 g/mol. The smallest absolute Gasteiger partial charge is 0.230 e. The summed E-state index contributed by atoms with van der Waals surface area (Å²) in [5.74, 6) is 0.190. The van der Waals surface area contributed by atoms with Gasteiger partial charge in [0.1, 0.15) is 11.6 Å².